The monoisotopic (exact) mass is 381 g/mol. The number of carbonyl (C=O) groups excluding carboxylic acids is 2. The Morgan fingerprint density at radius 2 is 1.72 bits per heavy atom. The second-order valence-electron chi connectivity index (χ2n) is 5.17. The van der Waals surface area contributed by atoms with Crippen molar-refractivity contribution in [2.45, 2.75) is 12.8 Å². The number of hydrogen-bond donors (Lipinski definition) is 1. The number of rotatable bonds is 7. The van der Waals surface area contributed by atoms with Crippen molar-refractivity contribution in [3.8, 4) is 11.5 Å². The summed E-state index contributed by atoms with van der Waals surface area (Å²) in [4.78, 5) is 24.3. The van der Waals surface area contributed by atoms with Crippen molar-refractivity contribution in [3.63, 3.8) is 0 Å². The summed E-state index contributed by atoms with van der Waals surface area (Å²) in [6.45, 7) is 0. The Kier molecular flexibility index (Phi) is 6.67. The molecule has 7 heteroatoms. The van der Waals surface area contributed by atoms with Crippen LogP contribution in [-0.4, -0.2) is 25.9 Å². The highest BCUT2D eigenvalue weighted by Gasteiger charge is 2.14. The van der Waals surface area contributed by atoms with Gasteiger partial charge in [0.15, 0.2) is 5.78 Å². The lowest BCUT2D eigenvalue weighted by Crippen LogP contribution is -2.14. The standard InChI is InChI=1S/C18H17Cl2NO4/c1-24-16-10-14(17(25-2)9-13(16)20)21-18(23)7-6-15(22)11-4-3-5-12(19)8-11/h3-5,8-10H,6-7H2,1-2H3,(H,21,23). The number of halogens is 2. The van der Waals surface area contributed by atoms with Crippen LogP contribution in [0.1, 0.15) is 23.2 Å². The molecule has 2 rings (SSSR count). The molecule has 0 bridgehead atoms. The van der Waals surface area contributed by atoms with Crippen LogP contribution in [0.4, 0.5) is 5.69 Å². The maximum Gasteiger partial charge on any atom is 0.224 e. The molecule has 0 aliphatic heterocycles. The SMILES string of the molecule is COc1cc(NC(=O)CCC(=O)c2cccc(Cl)c2)c(OC)cc1Cl. The Morgan fingerprint density at radius 3 is 2.36 bits per heavy atom. The van der Waals surface area contributed by atoms with Crippen molar-refractivity contribution >= 4 is 40.6 Å². The van der Waals surface area contributed by atoms with Gasteiger partial charge >= 0.3 is 0 Å². The molecule has 0 aliphatic rings. The number of hydrogen-bond acceptors (Lipinski definition) is 4. The Labute approximate surface area is 155 Å². The van der Waals surface area contributed by atoms with Crippen molar-refractivity contribution in [1.82, 2.24) is 0 Å². The largest absolute Gasteiger partial charge is 0.495 e. The van der Waals surface area contributed by atoms with Gasteiger partial charge in [-0.25, -0.2) is 0 Å². The first-order valence-electron chi connectivity index (χ1n) is 7.44. The fourth-order valence-corrected chi connectivity index (χ4v) is 2.63. The topological polar surface area (TPSA) is 64.6 Å². The zero-order valence-corrected chi connectivity index (χ0v) is 15.3. The molecule has 0 saturated heterocycles. The van der Waals surface area contributed by atoms with Gasteiger partial charge in [-0.05, 0) is 12.1 Å². The van der Waals surface area contributed by atoms with Crippen LogP contribution in [0.25, 0.3) is 0 Å². The van der Waals surface area contributed by atoms with E-state index in [1.54, 1.807) is 36.4 Å². The third-order valence-corrected chi connectivity index (χ3v) is 4.00. The number of amides is 1. The molecule has 0 aromatic heterocycles. The maximum atomic E-state index is 12.1. The summed E-state index contributed by atoms with van der Waals surface area (Å²) in [5, 5.41) is 3.55. The molecule has 2 aromatic carbocycles. The first kappa shape index (κ1) is 19.1. The van der Waals surface area contributed by atoms with Crippen LogP contribution < -0.4 is 14.8 Å². The highest BCUT2D eigenvalue weighted by Crippen LogP contribution is 2.35. The Morgan fingerprint density at radius 1 is 1.00 bits per heavy atom. The van der Waals surface area contributed by atoms with Gasteiger partial charge < -0.3 is 14.8 Å². The molecule has 0 aliphatic carbocycles. The molecular weight excluding hydrogens is 365 g/mol. The molecule has 132 valence electrons. The number of nitrogens with one attached hydrogen (secondary N) is 1. The van der Waals surface area contributed by atoms with E-state index < -0.39 is 0 Å². The predicted molar refractivity (Wildman–Crippen MR) is 98.2 cm³/mol. The van der Waals surface area contributed by atoms with E-state index in [0.717, 1.165) is 0 Å². The minimum atomic E-state index is -0.321. The summed E-state index contributed by atoms with van der Waals surface area (Å²) in [6.07, 6.45) is 0.0959. The average molecular weight is 382 g/mol. The third kappa shape index (κ3) is 5.11. The maximum absolute atomic E-state index is 12.1. The molecule has 0 atom stereocenters. The van der Waals surface area contributed by atoms with Crippen LogP contribution in [0.3, 0.4) is 0 Å². The zero-order valence-electron chi connectivity index (χ0n) is 13.8. The second kappa shape index (κ2) is 8.74. The quantitative estimate of drug-likeness (QED) is 0.711. The van der Waals surface area contributed by atoms with Gasteiger partial charge in [0, 0.05) is 35.6 Å². The molecule has 1 N–H and O–H groups in total. The van der Waals surface area contributed by atoms with Gasteiger partial charge in [-0.1, -0.05) is 35.3 Å². The minimum absolute atomic E-state index is 0.0272. The van der Waals surface area contributed by atoms with Gasteiger partial charge in [0.05, 0.1) is 24.9 Å². The summed E-state index contributed by atoms with van der Waals surface area (Å²) < 4.78 is 10.3. The van der Waals surface area contributed by atoms with Crippen LogP contribution in [0.2, 0.25) is 10.0 Å². The summed E-state index contributed by atoms with van der Waals surface area (Å²) in [7, 11) is 2.94. The van der Waals surface area contributed by atoms with Crippen molar-refractivity contribution in [1.29, 1.82) is 0 Å². The number of anilines is 1. The van der Waals surface area contributed by atoms with E-state index in [9.17, 15) is 9.59 Å². The molecule has 0 heterocycles. The molecule has 0 fully saturated rings. The predicted octanol–water partition coefficient (Wildman–Crippen LogP) is 4.61. The third-order valence-electron chi connectivity index (χ3n) is 3.47. The lowest BCUT2D eigenvalue weighted by molar-refractivity contribution is -0.116. The van der Waals surface area contributed by atoms with Gasteiger partial charge in [0.25, 0.3) is 0 Å². The number of benzene rings is 2. The normalized spacial score (nSPS) is 10.2. The molecule has 0 unspecified atom stereocenters. The summed E-state index contributed by atoms with van der Waals surface area (Å²) in [5.41, 5.74) is 0.898. The van der Waals surface area contributed by atoms with Gasteiger partial charge in [-0.2, -0.15) is 0 Å². The van der Waals surface area contributed by atoms with Gasteiger partial charge in [0.2, 0.25) is 5.91 Å². The minimum Gasteiger partial charge on any atom is -0.495 e. The highest BCUT2D eigenvalue weighted by molar-refractivity contribution is 6.32. The number of carbonyl (C=O) groups is 2. The molecule has 1 amide bonds. The zero-order chi connectivity index (χ0) is 18.4. The Hall–Kier alpha value is -2.24. The Bertz CT molecular complexity index is 793. The Balaban J connectivity index is 2.02. The first-order chi connectivity index (χ1) is 11.9. The molecule has 5 nitrogen and oxygen atoms in total. The van der Waals surface area contributed by atoms with E-state index in [0.29, 0.717) is 32.8 Å². The van der Waals surface area contributed by atoms with E-state index in [1.807, 2.05) is 0 Å². The molecule has 0 saturated carbocycles. The summed E-state index contributed by atoms with van der Waals surface area (Å²) >= 11 is 11.9. The first-order valence-corrected chi connectivity index (χ1v) is 8.20. The van der Waals surface area contributed by atoms with E-state index in [1.165, 1.54) is 14.2 Å². The van der Waals surface area contributed by atoms with E-state index in [4.69, 9.17) is 32.7 Å². The van der Waals surface area contributed by atoms with Crippen LogP contribution in [0.5, 0.6) is 11.5 Å². The highest BCUT2D eigenvalue weighted by atomic mass is 35.5. The van der Waals surface area contributed by atoms with Crippen molar-refractivity contribution in [2.75, 3.05) is 19.5 Å². The summed E-state index contributed by atoms with van der Waals surface area (Å²) in [6, 6.07) is 9.74. The molecule has 2 aromatic rings. The second-order valence-corrected chi connectivity index (χ2v) is 6.01. The van der Waals surface area contributed by atoms with Gasteiger partial charge in [0.1, 0.15) is 11.5 Å². The van der Waals surface area contributed by atoms with Crippen molar-refractivity contribution in [2.24, 2.45) is 0 Å². The number of methoxy groups -OCH3 is 2. The average Bonchev–Trinajstić information content (AvgIpc) is 2.60. The fraction of sp³-hybridized carbons (Fsp3) is 0.222. The van der Waals surface area contributed by atoms with Crippen LogP contribution in [0.15, 0.2) is 36.4 Å². The smallest absolute Gasteiger partial charge is 0.224 e. The van der Waals surface area contributed by atoms with Crippen molar-refractivity contribution in [3.05, 3.63) is 52.0 Å². The number of Topliss-reactive ketones (excluding diaryl/α,β-unsaturated/α-hetero) is 1. The fourth-order valence-electron chi connectivity index (χ4n) is 2.20. The van der Waals surface area contributed by atoms with Gasteiger partial charge in [-0.3, -0.25) is 9.59 Å². The van der Waals surface area contributed by atoms with Crippen LogP contribution >= 0.6 is 23.2 Å². The number of ketones is 1. The van der Waals surface area contributed by atoms with Gasteiger partial charge in [-0.15, -0.1) is 0 Å². The van der Waals surface area contributed by atoms with E-state index in [-0.39, 0.29) is 24.5 Å². The molecule has 25 heavy (non-hydrogen) atoms. The van der Waals surface area contributed by atoms with E-state index >= 15 is 0 Å². The lowest BCUT2D eigenvalue weighted by atomic mass is 10.1. The lowest BCUT2D eigenvalue weighted by Gasteiger charge is -2.13. The van der Waals surface area contributed by atoms with Crippen molar-refractivity contribution < 1.29 is 19.1 Å². The van der Waals surface area contributed by atoms with E-state index in [2.05, 4.69) is 5.32 Å². The molecule has 0 radical (unpaired) electrons. The molecular formula is C18H17Cl2NO4. The molecule has 0 spiro atoms. The van der Waals surface area contributed by atoms with Crippen LogP contribution in [0, 0.1) is 0 Å². The van der Waals surface area contributed by atoms with Crippen LogP contribution in [-0.2, 0) is 4.79 Å². The number of ether oxygens (including phenoxy) is 2. The summed E-state index contributed by atoms with van der Waals surface area (Å²) in [5.74, 6) is 0.337.